The molecule has 0 unspecified atom stereocenters. The molecule has 1 heterocycles. The van der Waals surface area contributed by atoms with Gasteiger partial charge in [-0.25, -0.2) is 4.79 Å². The molecular formula is C16H21Cl2NO3. The third-order valence-corrected chi connectivity index (χ3v) is 4.08. The van der Waals surface area contributed by atoms with E-state index in [0.717, 1.165) is 5.56 Å². The van der Waals surface area contributed by atoms with Crippen molar-refractivity contribution in [1.29, 1.82) is 0 Å². The lowest BCUT2D eigenvalue weighted by molar-refractivity contribution is 0.0207. The van der Waals surface area contributed by atoms with Gasteiger partial charge in [-0.2, -0.15) is 0 Å². The number of amides is 1. The van der Waals surface area contributed by atoms with Crippen molar-refractivity contribution in [2.75, 3.05) is 0 Å². The molecule has 2 rings (SSSR count). The molecule has 1 N–H and O–H groups in total. The molecule has 0 saturated carbocycles. The van der Waals surface area contributed by atoms with E-state index in [4.69, 9.17) is 32.7 Å². The van der Waals surface area contributed by atoms with Crippen molar-refractivity contribution in [2.45, 2.75) is 57.2 Å². The number of benzene rings is 1. The minimum atomic E-state index is -0.676. The largest absolute Gasteiger partial charge is 0.485 e. The predicted molar refractivity (Wildman–Crippen MR) is 87.9 cm³/mol. The summed E-state index contributed by atoms with van der Waals surface area (Å²) in [7, 11) is 0. The average Bonchev–Trinajstić information content (AvgIpc) is 2.33. The maximum absolute atomic E-state index is 12.1. The van der Waals surface area contributed by atoms with Crippen LogP contribution in [-0.2, 0) is 4.74 Å². The number of hydrogen-bond acceptors (Lipinski definition) is 3. The van der Waals surface area contributed by atoms with E-state index in [1.165, 1.54) is 0 Å². The molecule has 6 heteroatoms. The van der Waals surface area contributed by atoms with E-state index in [1.54, 1.807) is 18.2 Å². The first-order chi connectivity index (χ1) is 9.99. The number of carbonyl (C=O) groups excluding carboxylic acids is 1. The lowest BCUT2D eigenvalue weighted by Crippen LogP contribution is -2.57. The van der Waals surface area contributed by atoms with Gasteiger partial charge in [0.1, 0.15) is 17.0 Å². The van der Waals surface area contributed by atoms with E-state index < -0.39 is 28.7 Å². The smallest absolute Gasteiger partial charge is 0.408 e. The van der Waals surface area contributed by atoms with Gasteiger partial charge in [0.2, 0.25) is 0 Å². The summed E-state index contributed by atoms with van der Waals surface area (Å²) in [5.41, 5.74) is -0.494. The van der Waals surface area contributed by atoms with Crippen LogP contribution in [0.4, 0.5) is 4.79 Å². The molecule has 0 fully saturated rings. The van der Waals surface area contributed by atoms with Gasteiger partial charge in [-0.3, -0.25) is 0 Å². The first kappa shape index (κ1) is 17.2. The molecule has 1 aliphatic heterocycles. The molecule has 1 aromatic rings. The zero-order chi connectivity index (χ0) is 16.7. The number of ether oxygens (including phenoxy) is 2. The minimum absolute atomic E-state index is 0.449. The van der Waals surface area contributed by atoms with Gasteiger partial charge in [0.05, 0.1) is 11.4 Å². The van der Waals surface area contributed by atoms with E-state index in [-0.39, 0.29) is 0 Å². The highest BCUT2D eigenvalue weighted by Gasteiger charge is 2.44. The number of alkyl halides is 1. The van der Waals surface area contributed by atoms with Crippen LogP contribution < -0.4 is 10.1 Å². The fraction of sp³-hybridized carbons (Fsp3) is 0.562. The van der Waals surface area contributed by atoms with Crippen molar-refractivity contribution in [3.8, 4) is 5.75 Å². The molecule has 0 spiro atoms. The van der Waals surface area contributed by atoms with Crippen molar-refractivity contribution in [1.82, 2.24) is 5.32 Å². The SMILES string of the molecule is CC(C)(C)OC(=O)N[C@H]1[C@H](Cl)c2cc(Cl)ccc2OC1(C)C. The zero-order valence-electron chi connectivity index (χ0n) is 13.4. The Kier molecular flexibility index (Phi) is 4.56. The second kappa shape index (κ2) is 5.82. The molecule has 0 aromatic heterocycles. The molecule has 4 nitrogen and oxygen atoms in total. The van der Waals surface area contributed by atoms with Gasteiger partial charge in [0.15, 0.2) is 0 Å². The molecule has 0 radical (unpaired) electrons. The van der Waals surface area contributed by atoms with E-state index in [9.17, 15) is 4.79 Å². The summed E-state index contributed by atoms with van der Waals surface area (Å²) >= 11 is 12.6. The van der Waals surface area contributed by atoms with Crippen LogP contribution in [0.2, 0.25) is 5.02 Å². The van der Waals surface area contributed by atoms with Crippen molar-refractivity contribution >= 4 is 29.3 Å². The number of fused-ring (bicyclic) bond motifs is 1. The average molecular weight is 346 g/mol. The van der Waals surface area contributed by atoms with Gasteiger partial charge in [-0.1, -0.05) is 11.6 Å². The molecule has 0 bridgehead atoms. The van der Waals surface area contributed by atoms with E-state index in [0.29, 0.717) is 10.8 Å². The second-order valence-electron chi connectivity index (χ2n) is 6.91. The van der Waals surface area contributed by atoms with Gasteiger partial charge in [-0.05, 0) is 52.8 Å². The summed E-state index contributed by atoms with van der Waals surface area (Å²) in [6.45, 7) is 9.18. The summed E-state index contributed by atoms with van der Waals surface area (Å²) < 4.78 is 11.3. The van der Waals surface area contributed by atoms with Gasteiger partial charge in [0.25, 0.3) is 0 Å². The fourth-order valence-electron chi connectivity index (χ4n) is 2.39. The summed E-state index contributed by atoms with van der Waals surface area (Å²) in [4.78, 5) is 12.1. The Morgan fingerprint density at radius 1 is 1.36 bits per heavy atom. The van der Waals surface area contributed by atoms with Crippen LogP contribution in [0.1, 0.15) is 45.6 Å². The fourth-order valence-corrected chi connectivity index (χ4v) is 3.11. The molecule has 0 saturated heterocycles. The standard InChI is InChI=1S/C16H21Cl2NO3/c1-15(2,3)22-14(20)19-13-12(18)10-8-9(17)6-7-11(10)21-16(13,4)5/h6-8,12-13H,1-5H3,(H,19,20)/t12-,13+/m1/s1. The Morgan fingerprint density at radius 3 is 2.59 bits per heavy atom. The second-order valence-corrected chi connectivity index (χ2v) is 7.82. The number of carbonyl (C=O) groups is 1. The number of nitrogens with one attached hydrogen (secondary N) is 1. The van der Waals surface area contributed by atoms with E-state index in [2.05, 4.69) is 5.32 Å². The van der Waals surface area contributed by atoms with Crippen molar-refractivity contribution in [2.24, 2.45) is 0 Å². The first-order valence-corrected chi connectivity index (χ1v) is 7.93. The number of alkyl carbamates (subject to hydrolysis) is 1. The Balaban J connectivity index is 2.25. The highest BCUT2D eigenvalue weighted by Crippen LogP contribution is 2.44. The van der Waals surface area contributed by atoms with Crippen molar-refractivity contribution in [3.05, 3.63) is 28.8 Å². The maximum Gasteiger partial charge on any atom is 0.408 e. The van der Waals surface area contributed by atoms with Gasteiger partial charge in [0, 0.05) is 10.6 Å². The van der Waals surface area contributed by atoms with Crippen LogP contribution >= 0.6 is 23.2 Å². The van der Waals surface area contributed by atoms with Crippen molar-refractivity contribution < 1.29 is 14.3 Å². The highest BCUT2D eigenvalue weighted by atomic mass is 35.5. The van der Waals surface area contributed by atoms with Crippen LogP contribution in [0.25, 0.3) is 0 Å². The first-order valence-electron chi connectivity index (χ1n) is 7.12. The highest BCUT2D eigenvalue weighted by molar-refractivity contribution is 6.31. The summed E-state index contributed by atoms with van der Waals surface area (Å²) in [5.74, 6) is 0.677. The Bertz CT molecular complexity index is 581. The van der Waals surface area contributed by atoms with Crippen LogP contribution in [-0.4, -0.2) is 23.3 Å². The van der Waals surface area contributed by atoms with Gasteiger partial charge >= 0.3 is 6.09 Å². The molecule has 2 atom stereocenters. The number of rotatable bonds is 1. The molecular weight excluding hydrogens is 325 g/mol. The third-order valence-electron chi connectivity index (χ3n) is 3.36. The molecule has 1 aromatic carbocycles. The van der Waals surface area contributed by atoms with Crippen LogP contribution in [0.3, 0.4) is 0 Å². The van der Waals surface area contributed by atoms with Gasteiger partial charge in [-0.15, -0.1) is 11.6 Å². The Labute approximate surface area is 141 Å². The quantitative estimate of drug-likeness (QED) is 0.751. The monoisotopic (exact) mass is 345 g/mol. The summed E-state index contributed by atoms with van der Waals surface area (Å²) in [6.07, 6.45) is -0.523. The Morgan fingerprint density at radius 2 is 2.00 bits per heavy atom. The zero-order valence-corrected chi connectivity index (χ0v) is 14.9. The Hall–Kier alpha value is -1.13. The van der Waals surface area contributed by atoms with Crippen LogP contribution in [0.5, 0.6) is 5.75 Å². The minimum Gasteiger partial charge on any atom is -0.485 e. The molecule has 22 heavy (non-hydrogen) atoms. The van der Waals surface area contributed by atoms with Crippen LogP contribution in [0.15, 0.2) is 18.2 Å². The third kappa shape index (κ3) is 3.79. The summed E-state index contributed by atoms with van der Waals surface area (Å²) in [6, 6.07) is 4.85. The van der Waals surface area contributed by atoms with Gasteiger partial charge < -0.3 is 14.8 Å². The molecule has 1 amide bonds. The van der Waals surface area contributed by atoms with Crippen LogP contribution in [0, 0.1) is 0 Å². The summed E-state index contributed by atoms with van der Waals surface area (Å²) in [5, 5.41) is 2.92. The van der Waals surface area contributed by atoms with E-state index in [1.807, 2.05) is 34.6 Å². The predicted octanol–water partition coefficient (Wildman–Crippen LogP) is 4.68. The number of hydrogen-bond donors (Lipinski definition) is 1. The topological polar surface area (TPSA) is 47.6 Å². The molecule has 0 aliphatic carbocycles. The lowest BCUT2D eigenvalue weighted by atomic mass is 9.88. The number of halogens is 2. The lowest BCUT2D eigenvalue weighted by Gasteiger charge is -2.43. The molecule has 122 valence electrons. The van der Waals surface area contributed by atoms with Crippen molar-refractivity contribution in [3.63, 3.8) is 0 Å². The molecule has 1 aliphatic rings. The normalized spacial score (nSPS) is 23.2. The maximum atomic E-state index is 12.1. The van der Waals surface area contributed by atoms with E-state index >= 15 is 0 Å².